The van der Waals surface area contributed by atoms with Crippen LogP contribution in [0.1, 0.15) is 12.0 Å². The molecule has 3 rings (SSSR count). The number of hydrogen-bond acceptors (Lipinski definition) is 5. The van der Waals surface area contributed by atoms with Gasteiger partial charge in [0.2, 0.25) is 0 Å². The van der Waals surface area contributed by atoms with Gasteiger partial charge in [-0.15, -0.1) is 0 Å². The molecule has 138 valence electrons. The first kappa shape index (κ1) is 19.1. The largest absolute Gasteiger partial charge is 0.492 e. The van der Waals surface area contributed by atoms with Crippen molar-refractivity contribution in [1.82, 2.24) is 0 Å². The Morgan fingerprint density at radius 2 is 2.04 bits per heavy atom. The molecule has 0 aliphatic carbocycles. The number of thiocarbonyl (C=S) groups is 1. The first-order chi connectivity index (χ1) is 13.0. The van der Waals surface area contributed by atoms with Crippen molar-refractivity contribution in [3.05, 3.63) is 64.8 Å². The van der Waals surface area contributed by atoms with Gasteiger partial charge in [0.1, 0.15) is 11.6 Å². The molecule has 8 heteroatoms. The van der Waals surface area contributed by atoms with E-state index in [4.69, 9.17) is 22.1 Å². The maximum Gasteiger partial charge on any atom is 0.306 e. The van der Waals surface area contributed by atoms with Gasteiger partial charge in [0, 0.05) is 5.56 Å². The number of halogens is 1. The molecular weight excluding hydrogens is 389 g/mol. The van der Waals surface area contributed by atoms with Crippen LogP contribution >= 0.6 is 24.0 Å². The molecule has 0 bridgehead atoms. The number of para-hydroxylation sites is 1. The molecule has 0 unspecified atom stereocenters. The van der Waals surface area contributed by atoms with Gasteiger partial charge < -0.3 is 9.84 Å². The summed E-state index contributed by atoms with van der Waals surface area (Å²) >= 11 is 6.39. The number of amides is 1. The molecule has 5 nitrogen and oxygen atoms in total. The van der Waals surface area contributed by atoms with Gasteiger partial charge in [-0.05, 0) is 30.3 Å². The van der Waals surface area contributed by atoms with Crippen LogP contribution in [0.25, 0.3) is 6.08 Å². The molecule has 0 aromatic heterocycles. The molecule has 1 aliphatic rings. The third-order valence-corrected chi connectivity index (χ3v) is 4.94. The average Bonchev–Trinajstić information content (AvgIpc) is 2.89. The molecular formula is C19H14FNO4S2. The summed E-state index contributed by atoms with van der Waals surface area (Å²) in [5.41, 5.74) is 0.995. The van der Waals surface area contributed by atoms with Crippen LogP contribution in [0.4, 0.5) is 10.1 Å². The smallest absolute Gasteiger partial charge is 0.306 e. The number of carbonyl (C=O) groups is 2. The van der Waals surface area contributed by atoms with Crippen LogP contribution in [0.3, 0.4) is 0 Å². The topological polar surface area (TPSA) is 66.8 Å². The molecule has 2 aromatic rings. The summed E-state index contributed by atoms with van der Waals surface area (Å²) in [4.78, 5) is 25.0. The highest BCUT2D eigenvalue weighted by atomic mass is 32.2. The Bertz CT molecular complexity index is 945. The Balaban J connectivity index is 1.85. The second-order valence-electron chi connectivity index (χ2n) is 5.53. The van der Waals surface area contributed by atoms with Gasteiger partial charge >= 0.3 is 5.97 Å². The number of carboxylic acids is 1. The van der Waals surface area contributed by atoms with E-state index in [1.54, 1.807) is 36.4 Å². The zero-order valence-electron chi connectivity index (χ0n) is 13.9. The lowest BCUT2D eigenvalue weighted by Gasteiger charge is -2.14. The van der Waals surface area contributed by atoms with E-state index in [-0.39, 0.29) is 18.9 Å². The van der Waals surface area contributed by atoms with Crippen molar-refractivity contribution in [2.45, 2.75) is 6.42 Å². The zero-order chi connectivity index (χ0) is 19.4. The Kier molecular flexibility index (Phi) is 5.88. The maximum atomic E-state index is 13.5. The second-order valence-corrected chi connectivity index (χ2v) is 7.20. The fraction of sp³-hybridized carbons (Fsp3) is 0.105. The first-order valence-corrected chi connectivity index (χ1v) is 9.15. The minimum Gasteiger partial charge on any atom is -0.492 e. The minimum absolute atomic E-state index is 0.0183. The van der Waals surface area contributed by atoms with E-state index in [1.807, 2.05) is 0 Å². The van der Waals surface area contributed by atoms with Crippen LogP contribution in [0.2, 0.25) is 0 Å². The van der Waals surface area contributed by atoms with Crippen LogP contribution in [0, 0.1) is 5.82 Å². The normalized spacial score (nSPS) is 15.4. The lowest BCUT2D eigenvalue weighted by atomic mass is 10.2. The van der Waals surface area contributed by atoms with Crippen molar-refractivity contribution < 1.29 is 23.8 Å². The Morgan fingerprint density at radius 3 is 2.78 bits per heavy atom. The second kappa shape index (κ2) is 8.32. The summed E-state index contributed by atoms with van der Waals surface area (Å²) < 4.78 is 19.3. The number of hydrogen-bond donors (Lipinski definition) is 1. The lowest BCUT2D eigenvalue weighted by Crippen LogP contribution is -2.27. The van der Waals surface area contributed by atoms with Gasteiger partial charge in [0.25, 0.3) is 5.91 Å². The number of ether oxygens (including phenoxy) is 1. The fourth-order valence-electron chi connectivity index (χ4n) is 2.43. The molecule has 2 aromatic carbocycles. The van der Waals surface area contributed by atoms with Crippen molar-refractivity contribution in [1.29, 1.82) is 0 Å². The summed E-state index contributed by atoms with van der Waals surface area (Å²) in [5, 5.41) is 8.72. The number of anilines is 1. The first-order valence-electron chi connectivity index (χ1n) is 7.93. The number of aliphatic carboxylic acids is 1. The predicted octanol–water partition coefficient (Wildman–Crippen LogP) is 4.09. The van der Waals surface area contributed by atoms with Crippen molar-refractivity contribution in [3.63, 3.8) is 0 Å². The van der Waals surface area contributed by atoms with E-state index in [1.165, 1.54) is 23.1 Å². The molecule has 1 aliphatic heterocycles. The van der Waals surface area contributed by atoms with Crippen LogP contribution < -0.4 is 9.64 Å². The SMILES string of the molecule is O=C(O)CCOc1ccccc1/C=C1/SC(=S)N(c2cccc(F)c2)C1=O. The number of thioether (sulfide) groups is 1. The summed E-state index contributed by atoms with van der Waals surface area (Å²) in [5.74, 6) is -1.29. The van der Waals surface area contributed by atoms with E-state index in [0.29, 0.717) is 26.2 Å². The van der Waals surface area contributed by atoms with Gasteiger partial charge in [-0.2, -0.15) is 0 Å². The van der Waals surface area contributed by atoms with Gasteiger partial charge in [-0.3, -0.25) is 14.5 Å². The molecule has 1 N–H and O–H groups in total. The molecule has 0 radical (unpaired) electrons. The molecule has 0 atom stereocenters. The van der Waals surface area contributed by atoms with Gasteiger partial charge in [-0.25, -0.2) is 4.39 Å². The van der Waals surface area contributed by atoms with Crippen molar-refractivity contribution >= 4 is 51.9 Å². The van der Waals surface area contributed by atoms with Crippen LogP contribution in [-0.4, -0.2) is 27.9 Å². The van der Waals surface area contributed by atoms with Gasteiger partial charge in [0.05, 0.1) is 23.6 Å². The number of benzene rings is 2. The highest BCUT2D eigenvalue weighted by Gasteiger charge is 2.33. The van der Waals surface area contributed by atoms with Crippen LogP contribution in [0.5, 0.6) is 5.75 Å². The van der Waals surface area contributed by atoms with Crippen molar-refractivity contribution in [2.24, 2.45) is 0 Å². The molecule has 27 heavy (non-hydrogen) atoms. The van der Waals surface area contributed by atoms with Crippen LogP contribution in [0.15, 0.2) is 53.4 Å². The molecule has 1 fully saturated rings. The molecule has 1 saturated heterocycles. The Morgan fingerprint density at radius 1 is 1.26 bits per heavy atom. The Hall–Kier alpha value is -2.71. The van der Waals surface area contributed by atoms with E-state index >= 15 is 0 Å². The van der Waals surface area contributed by atoms with E-state index < -0.39 is 11.8 Å². The van der Waals surface area contributed by atoms with Crippen molar-refractivity contribution in [3.8, 4) is 5.75 Å². The third-order valence-electron chi connectivity index (χ3n) is 3.64. The molecule has 0 saturated carbocycles. The predicted molar refractivity (Wildman–Crippen MR) is 106 cm³/mol. The quantitative estimate of drug-likeness (QED) is 0.579. The number of carboxylic acid groups (broad SMARTS) is 1. The lowest BCUT2D eigenvalue weighted by molar-refractivity contribution is -0.137. The number of nitrogens with zero attached hydrogens (tertiary/aromatic N) is 1. The van der Waals surface area contributed by atoms with E-state index in [0.717, 1.165) is 11.8 Å². The van der Waals surface area contributed by atoms with Gasteiger partial charge in [-0.1, -0.05) is 48.2 Å². The molecule has 1 amide bonds. The number of rotatable bonds is 6. The Labute approximate surface area is 164 Å². The van der Waals surface area contributed by atoms with Crippen LogP contribution in [-0.2, 0) is 9.59 Å². The minimum atomic E-state index is -0.955. The zero-order valence-corrected chi connectivity index (χ0v) is 15.6. The van der Waals surface area contributed by atoms with Gasteiger partial charge in [0.15, 0.2) is 4.32 Å². The number of carbonyl (C=O) groups excluding carboxylic acids is 1. The molecule has 0 spiro atoms. The van der Waals surface area contributed by atoms with Crippen molar-refractivity contribution in [2.75, 3.05) is 11.5 Å². The third kappa shape index (κ3) is 4.53. The summed E-state index contributed by atoms with van der Waals surface area (Å²) in [6.07, 6.45) is 1.50. The van der Waals surface area contributed by atoms with E-state index in [9.17, 15) is 14.0 Å². The summed E-state index contributed by atoms with van der Waals surface area (Å²) in [6.45, 7) is 0.0183. The maximum absolute atomic E-state index is 13.5. The highest BCUT2D eigenvalue weighted by Crippen LogP contribution is 2.37. The highest BCUT2D eigenvalue weighted by molar-refractivity contribution is 8.27. The average molecular weight is 403 g/mol. The standard InChI is InChI=1S/C19H14FNO4S2/c20-13-5-3-6-14(11-13)21-18(24)16(27-19(21)26)10-12-4-1-2-7-15(12)25-9-8-17(22)23/h1-7,10-11H,8-9H2,(H,22,23)/b16-10+. The van der Waals surface area contributed by atoms with E-state index in [2.05, 4.69) is 0 Å². The fourth-order valence-corrected chi connectivity index (χ4v) is 3.72. The summed E-state index contributed by atoms with van der Waals surface area (Å²) in [6, 6.07) is 12.6. The monoisotopic (exact) mass is 403 g/mol. The molecule has 1 heterocycles. The summed E-state index contributed by atoms with van der Waals surface area (Å²) in [7, 11) is 0.